The van der Waals surface area contributed by atoms with Gasteiger partial charge in [-0.3, -0.25) is 4.90 Å². The Morgan fingerprint density at radius 3 is 2.74 bits per heavy atom. The molecule has 7 nitrogen and oxygen atoms in total. The highest BCUT2D eigenvalue weighted by atomic mass is 127. The van der Waals surface area contributed by atoms with Crippen LogP contribution in [0.5, 0.6) is 0 Å². The van der Waals surface area contributed by atoms with Gasteiger partial charge in [-0.1, -0.05) is 43.7 Å². The lowest BCUT2D eigenvalue weighted by atomic mass is 9.99. The molecule has 31 heavy (non-hydrogen) atoms. The van der Waals surface area contributed by atoms with Gasteiger partial charge >= 0.3 is 0 Å². The first-order valence-corrected chi connectivity index (χ1v) is 11.2. The average Bonchev–Trinajstić information content (AvgIpc) is 3.33. The van der Waals surface area contributed by atoms with Gasteiger partial charge in [0.25, 0.3) is 0 Å². The van der Waals surface area contributed by atoms with Crippen LogP contribution in [-0.2, 0) is 13.6 Å². The van der Waals surface area contributed by atoms with Crippen LogP contribution in [0, 0.1) is 13.8 Å². The second-order valence-electron chi connectivity index (χ2n) is 8.39. The number of aromatic nitrogens is 3. The number of likely N-dealkylation sites (tertiary alicyclic amines) is 1. The van der Waals surface area contributed by atoms with Gasteiger partial charge in [0.05, 0.1) is 0 Å². The number of halogens is 1. The van der Waals surface area contributed by atoms with E-state index >= 15 is 0 Å². The molecule has 8 heteroatoms. The summed E-state index contributed by atoms with van der Waals surface area (Å²) >= 11 is 0. The maximum atomic E-state index is 4.82. The fourth-order valence-corrected chi connectivity index (χ4v) is 4.01. The van der Waals surface area contributed by atoms with Gasteiger partial charge in [0, 0.05) is 26.2 Å². The topological polar surface area (TPSA) is 70.4 Å². The van der Waals surface area contributed by atoms with E-state index in [0.29, 0.717) is 18.5 Å². The number of aryl methyl sites for hydroxylation is 2. The number of hydrogen-bond donors (Lipinski definition) is 2. The van der Waals surface area contributed by atoms with Crippen molar-refractivity contribution < 1.29 is 0 Å². The molecule has 0 saturated carbocycles. The summed E-state index contributed by atoms with van der Waals surface area (Å²) in [4.78, 5) is 7.36. The van der Waals surface area contributed by atoms with E-state index in [0.717, 1.165) is 37.2 Å². The monoisotopic (exact) mass is 539 g/mol. The fraction of sp³-hybridized carbons (Fsp3) is 0.609. The first-order valence-electron chi connectivity index (χ1n) is 11.2. The van der Waals surface area contributed by atoms with E-state index in [1.165, 1.54) is 30.5 Å². The molecular weight excluding hydrogens is 501 g/mol. The minimum Gasteiger partial charge on any atom is -0.356 e. The third-order valence-electron chi connectivity index (χ3n) is 6.16. The zero-order valence-electron chi connectivity index (χ0n) is 19.6. The van der Waals surface area contributed by atoms with E-state index in [1.54, 1.807) is 0 Å². The van der Waals surface area contributed by atoms with E-state index in [1.807, 2.05) is 18.5 Å². The lowest BCUT2D eigenvalue weighted by molar-refractivity contribution is 0.267. The predicted octanol–water partition coefficient (Wildman–Crippen LogP) is 3.37. The molecule has 1 aliphatic rings. The highest BCUT2D eigenvalue weighted by Gasteiger charge is 2.23. The molecule has 0 spiro atoms. The summed E-state index contributed by atoms with van der Waals surface area (Å²) in [5.41, 5.74) is 2.64. The van der Waals surface area contributed by atoms with Gasteiger partial charge in [-0.15, -0.1) is 34.2 Å². The van der Waals surface area contributed by atoms with Crippen LogP contribution in [0.3, 0.4) is 0 Å². The second-order valence-corrected chi connectivity index (χ2v) is 8.39. The Labute approximate surface area is 204 Å². The van der Waals surface area contributed by atoms with Gasteiger partial charge in [-0.05, 0) is 51.3 Å². The predicted molar refractivity (Wildman–Crippen MR) is 138 cm³/mol. The van der Waals surface area contributed by atoms with Crippen LogP contribution >= 0.6 is 24.0 Å². The van der Waals surface area contributed by atoms with Gasteiger partial charge in [0.2, 0.25) is 0 Å². The summed E-state index contributed by atoms with van der Waals surface area (Å²) in [6, 6.07) is 9.31. The summed E-state index contributed by atoms with van der Waals surface area (Å²) in [7, 11) is 1.98. The van der Waals surface area contributed by atoms with Crippen molar-refractivity contribution in [3.63, 3.8) is 0 Å². The smallest absolute Gasteiger partial charge is 0.191 e. The summed E-state index contributed by atoms with van der Waals surface area (Å²) in [5.74, 6) is 3.02. The van der Waals surface area contributed by atoms with Crippen LogP contribution in [0.1, 0.15) is 55.4 Å². The molecule has 2 atom stereocenters. The van der Waals surface area contributed by atoms with Crippen LogP contribution in [-0.4, -0.2) is 57.8 Å². The lowest BCUT2D eigenvalue weighted by Crippen LogP contribution is -2.45. The lowest BCUT2D eigenvalue weighted by Gasteiger charge is -2.24. The number of hydrogen-bond acceptors (Lipinski definition) is 4. The quantitative estimate of drug-likeness (QED) is 0.306. The van der Waals surface area contributed by atoms with Crippen LogP contribution in [0.2, 0.25) is 0 Å². The van der Waals surface area contributed by atoms with E-state index < -0.39 is 0 Å². The number of rotatable bonds is 8. The van der Waals surface area contributed by atoms with E-state index in [4.69, 9.17) is 4.99 Å². The molecule has 0 bridgehead atoms. The first kappa shape index (κ1) is 25.6. The molecule has 3 rings (SSSR count). The van der Waals surface area contributed by atoms with Gasteiger partial charge in [-0.25, -0.2) is 4.99 Å². The SMILES string of the molecule is CCN1CCCC1CNC(=NCc1nnc(C)n1C)NCC(C)c1cccc(C)c1.I. The molecule has 1 aliphatic heterocycles. The third kappa shape index (κ3) is 7.17. The van der Waals surface area contributed by atoms with Crippen molar-refractivity contribution in [2.75, 3.05) is 26.2 Å². The van der Waals surface area contributed by atoms with Crippen molar-refractivity contribution in [3.05, 3.63) is 47.0 Å². The fourth-order valence-electron chi connectivity index (χ4n) is 4.01. The van der Waals surface area contributed by atoms with Gasteiger partial charge in [-0.2, -0.15) is 0 Å². The van der Waals surface area contributed by atoms with Gasteiger partial charge in [0.15, 0.2) is 11.8 Å². The largest absolute Gasteiger partial charge is 0.356 e. The highest BCUT2D eigenvalue weighted by molar-refractivity contribution is 14.0. The van der Waals surface area contributed by atoms with Crippen LogP contribution < -0.4 is 10.6 Å². The molecule has 0 aliphatic carbocycles. The first-order chi connectivity index (χ1) is 14.5. The molecule has 172 valence electrons. The summed E-state index contributed by atoms with van der Waals surface area (Å²) in [6.07, 6.45) is 2.53. The normalized spacial score (nSPS) is 18.0. The number of likely N-dealkylation sites (N-methyl/N-ethyl adjacent to an activating group) is 1. The second kappa shape index (κ2) is 12.4. The molecule has 2 N–H and O–H groups in total. The van der Waals surface area contributed by atoms with Crippen molar-refractivity contribution in [1.82, 2.24) is 30.3 Å². The Bertz CT molecular complexity index is 848. The van der Waals surface area contributed by atoms with Crippen LogP contribution in [0.4, 0.5) is 0 Å². The van der Waals surface area contributed by atoms with Crippen molar-refractivity contribution in [3.8, 4) is 0 Å². The molecule has 1 saturated heterocycles. The van der Waals surface area contributed by atoms with Crippen LogP contribution in [0.25, 0.3) is 0 Å². The number of aliphatic imine (C=N–C) groups is 1. The molecular formula is C23H38IN7. The molecule has 0 amide bonds. The molecule has 1 fully saturated rings. The standard InChI is InChI=1S/C23H37N7.HI/c1-6-30-12-8-11-21(30)15-25-23(26-16-22-28-27-19(4)29(22)5)24-14-18(3)20-10-7-9-17(2)13-20;/h7,9-10,13,18,21H,6,8,11-12,14-16H2,1-5H3,(H2,24,25,26);1H. The highest BCUT2D eigenvalue weighted by Crippen LogP contribution is 2.16. The number of guanidine groups is 1. The van der Waals surface area contributed by atoms with Gasteiger partial charge < -0.3 is 15.2 Å². The Balaban J connectivity index is 0.00000341. The number of nitrogens with one attached hydrogen (secondary N) is 2. The maximum Gasteiger partial charge on any atom is 0.191 e. The molecule has 2 heterocycles. The Kier molecular flexibility index (Phi) is 10.2. The van der Waals surface area contributed by atoms with Crippen molar-refractivity contribution in [1.29, 1.82) is 0 Å². The van der Waals surface area contributed by atoms with E-state index in [9.17, 15) is 0 Å². The zero-order valence-corrected chi connectivity index (χ0v) is 21.9. The van der Waals surface area contributed by atoms with Crippen molar-refractivity contribution in [2.45, 2.75) is 59.0 Å². The van der Waals surface area contributed by atoms with Gasteiger partial charge in [0.1, 0.15) is 12.4 Å². The Hall–Kier alpha value is -1.68. The molecule has 2 aromatic rings. The molecule has 2 unspecified atom stereocenters. The Morgan fingerprint density at radius 2 is 2.06 bits per heavy atom. The van der Waals surface area contributed by atoms with Crippen molar-refractivity contribution >= 4 is 29.9 Å². The third-order valence-corrected chi connectivity index (χ3v) is 6.16. The summed E-state index contributed by atoms with van der Waals surface area (Å²) in [6.45, 7) is 13.1. The molecule has 1 aromatic heterocycles. The minimum atomic E-state index is 0. The average molecular weight is 540 g/mol. The maximum absolute atomic E-state index is 4.82. The summed E-state index contributed by atoms with van der Waals surface area (Å²) < 4.78 is 1.99. The Morgan fingerprint density at radius 1 is 1.26 bits per heavy atom. The van der Waals surface area contributed by atoms with E-state index in [2.05, 4.69) is 70.8 Å². The number of nitrogens with zero attached hydrogens (tertiary/aromatic N) is 5. The van der Waals surface area contributed by atoms with Crippen molar-refractivity contribution in [2.24, 2.45) is 12.0 Å². The van der Waals surface area contributed by atoms with Crippen LogP contribution in [0.15, 0.2) is 29.3 Å². The summed E-state index contributed by atoms with van der Waals surface area (Å²) in [5, 5.41) is 15.5. The molecule has 0 radical (unpaired) electrons. The number of benzene rings is 1. The molecule has 1 aromatic carbocycles. The minimum absolute atomic E-state index is 0. The van der Waals surface area contributed by atoms with E-state index in [-0.39, 0.29) is 24.0 Å². The zero-order chi connectivity index (χ0) is 21.5.